The van der Waals surface area contributed by atoms with Gasteiger partial charge < -0.3 is 9.64 Å². The number of methoxy groups -OCH3 is 1. The van der Waals surface area contributed by atoms with Gasteiger partial charge in [-0.2, -0.15) is 0 Å². The van der Waals surface area contributed by atoms with Crippen LogP contribution >= 0.6 is 0 Å². The molecule has 0 bridgehead atoms. The first-order valence-corrected chi connectivity index (χ1v) is 8.21. The molecule has 2 rings (SSSR count). The van der Waals surface area contributed by atoms with Gasteiger partial charge in [-0.15, -0.1) is 0 Å². The van der Waals surface area contributed by atoms with Crippen LogP contribution in [0.2, 0.25) is 0 Å². The van der Waals surface area contributed by atoms with Crippen LogP contribution in [0.4, 0.5) is 10.2 Å². The van der Waals surface area contributed by atoms with E-state index in [1.807, 2.05) is 32.2 Å². The Bertz CT molecular complexity index is 658. The van der Waals surface area contributed by atoms with Crippen LogP contribution in [0.15, 0.2) is 30.3 Å². The average molecular weight is 331 g/mol. The van der Waals surface area contributed by atoms with Crippen molar-refractivity contribution in [2.45, 2.75) is 39.8 Å². The molecule has 0 saturated carbocycles. The number of aryl methyl sites for hydroxylation is 1. The van der Waals surface area contributed by atoms with Crippen LogP contribution in [0, 0.1) is 18.7 Å². The van der Waals surface area contributed by atoms with E-state index in [2.05, 4.69) is 28.7 Å². The van der Waals surface area contributed by atoms with Crippen molar-refractivity contribution in [3.05, 3.63) is 53.2 Å². The maximum Gasteiger partial charge on any atom is 0.156 e. The van der Waals surface area contributed by atoms with Gasteiger partial charge in [0, 0.05) is 32.0 Å². The lowest BCUT2D eigenvalue weighted by molar-refractivity contribution is 0.177. The molecule has 0 spiro atoms. The minimum atomic E-state index is -0.205. The molecule has 0 aliphatic carbocycles. The molecule has 0 aliphatic rings. The number of rotatable bonds is 7. The quantitative estimate of drug-likeness (QED) is 0.774. The first kappa shape index (κ1) is 18.3. The van der Waals surface area contributed by atoms with Gasteiger partial charge in [0.05, 0.1) is 0 Å². The predicted molar refractivity (Wildman–Crippen MR) is 94.6 cm³/mol. The summed E-state index contributed by atoms with van der Waals surface area (Å²) in [6.07, 6.45) is 0.830. The number of hydrogen-bond acceptors (Lipinski definition) is 4. The second-order valence-electron chi connectivity index (χ2n) is 6.47. The van der Waals surface area contributed by atoms with Crippen LogP contribution in [0.5, 0.6) is 0 Å². The van der Waals surface area contributed by atoms with Gasteiger partial charge in [-0.3, -0.25) is 0 Å². The van der Waals surface area contributed by atoms with E-state index < -0.39 is 0 Å². The Morgan fingerprint density at radius 2 is 1.83 bits per heavy atom. The second-order valence-corrected chi connectivity index (χ2v) is 6.47. The summed E-state index contributed by atoms with van der Waals surface area (Å²) in [6, 6.07) is 8.95. The van der Waals surface area contributed by atoms with Gasteiger partial charge in [0.25, 0.3) is 0 Å². The number of anilines is 1. The van der Waals surface area contributed by atoms with Crippen LogP contribution in [-0.2, 0) is 17.8 Å². The zero-order valence-corrected chi connectivity index (χ0v) is 15.1. The average Bonchev–Trinajstić information content (AvgIpc) is 2.53. The number of benzene rings is 1. The predicted octanol–water partition coefficient (Wildman–Crippen LogP) is 3.77. The number of nitrogens with zero attached hydrogens (tertiary/aromatic N) is 3. The van der Waals surface area contributed by atoms with Crippen molar-refractivity contribution in [3.63, 3.8) is 0 Å². The molecule has 24 heavy (non-hydrogen) atoms. The molecular formula is C19H26FN3O. The third-order valence-corrected chi connectivity index (χ3v) is 4.15. The fourth-order valence-corrected chi connectivity index (χ4v) is 2.84. The monoisotopic (exact) mass is 331 g/mol. The van der Waals surface area contributed by atoms with Gasteiger partial charge in [-0.1, -0.05) is 26.0 Å². The molecule has 0 radical (unpaired) electrons. The molecule has 0 aliphatic heterocycles. The smallest absolute Gasteiger partial charge is 0.156 e. The van der Waals surface area contributed by atoms with E-state index >= 15 is 0 Å². The number of halogens is 1. The summed E-state index contributed by atoms with van der Waals surface area (Å²) < 4.78 is 18.3. The molecule has 2 aromatic rings. The van der Waals surface area contributed by atoms with Gasteiger partial charge >= 0.3 is 0 Å². The Kier molecular flexibility index (Phi) is 6.26. The maximum atomic E-state index is 13.1. The maximum absolute atomic E-state index is 13.1. The number of ether oxygens (including phenoxy) is 1. The Morgan fingerprint density at radius 3 is 2.42 bits per heavy atom. The molecule has 0 amide bonds. The van der Waals surface area contributed by atoms with Crippen molar-refractivity contribution in [1.82, 2.24) is 9.97 Å². The van der Waals surface area contributed by atoms with Gasteiger partial charge in [0.2, 0.25) is 0 Å². The van der Waals surface area contributed by atoms with Gasteiger partial charge in [0.15, 0.2) is 5.82 Å². The van der Waals surface area contributed by atoms with Crippen molar-refractivity contribution in [1.29, 1.82) is 0 Å². The highest BCUT2D eigenvalue weighted by Crippen LogP contribution is 2.22. The van der Waals surface area contributed by atoms with Crippen LogP contribution in [0.3, 0.4) is 0 Å². The number of aromatic nitrogens is 2. The first-order chi connectivity index (χ1) is 11.4. The highest BCUT2D eigenvalue weighted by molar-refractivity contribution is 5.41. The standard InChI is InChI=1S/C19H26FN3O/c1-13(2)17(11-15-6-8-16(20)9-7-15)23(4)19-10-14(3)21-18(22-19)12-24-5/h6-10,13,17H,11-12H2,1-5H3. The SMILES string of the molecule is COCc1nc(C)cc(N(C)C(Cc2ccc(F)cc2)C(C)C)n1. The molecule has 0 N–H and O–H groups in total. The van der Waals surface area contributed by atoms with Crippen molar-refractivity contribution < 1.29 is 9.13 Å². The van der Waals surface area contributed by atoms with E-state index in [1.54, 1.807) is 7.11 Å². The fourth-order valence-electron chi connectivity index (χ4n) is 2.84. The topological polar surface area (TPSA) is 38.2 Å². The van der Waals surface area contributed by atoms with Crippen molar-refractivity contribution in [2.24, 2.45) is 5.92 Å². The van der Waals surface area contributed by atoms with Gasteiger partial charge in [-0.25, -0.2) is 14.4 Å². The Morgan fingerprint density at radius 1 is 1.17 bits per heavy atom. The second kappa shape index (κ2) is 8.20. The van der Waals surface area contributed by atoms with E-state index in [1.165, 1.54) is 12.1 Å². The third kappa shape index (κ3) is 4.74. The van der Waals surface area contributed by atoms with Crippen LogP contribution in [0.25, 0.3) is 0 Å². The molecule has 1 aromatic heterocycles. The molecule has 0 fully saturated rings. The van der Waals surface area contributed by atoms with E-state index in [0.29, 0.717) is 18.3 Å². The summed E-state index contributed by atoms with van der Waals surface area (Å²) in [4.78, 5) is 11.2. The minimum absolute atomic E-state index is 0.205. The molecular weight excluding hydrogens is 305 g/mol. The molecule has 1 heterocycles. The molecule has 4 nitrogen and oxygen atoms in total. The Hall–Kier alpha value is -2.01. The summed E-state index contributed by atoms with van der Waals surface area (Å²) in [7, 11) is 3.69. The minimum Gasteiger partial charge on any atom is -0.377 e. The zero-order chi connectivity index (χ0) is 17.7. The van der Waals surface area contributed by atoms with Crippen molar-refractivity contribution >= 4 is 5.82 Å². The zero-order valence-electron chi connectivity index (χ0n) is 15.1. The summed E-state index contributed by atoms with van der Waals surface area (Å²) in [6.45, 7) is 6.74. The Balaban J connectivity index is 2.25. The van der Waals surface area contributed by atoms with Crippen molar-refractivity contribution in [2.75, 3.05) is 19.1 Å². The number of likely N-dealkylation sites (N-methyl/N-ethyl adjacent to an activating group) is 1. The van der Waals surface area contributed by atoms with E-state index in [-0.39, 0.29) is 11.9 Å². The third-order valence-electron chi connectivity index (χ3n) is 4.15. The lowest BCUT2D eigenvalue weighted by atomic mass is 9.95. The number of hydrogen-bond donors (Lipinski definition) is 0. The van der Waals surface area contributed by atoms with Crippen LogP contribution in [-0.4, -0.2) is 30.2 Å². The van der Waals surface area contributed by atoms with Crippen LogP contribution < -0.4 is 4.90 Å². The van der Waals surface area contributed by atoms with E-state index in [4.69, 9.17) is 4.74 Å². The molecule has 1 atom stereocenters. The normalized spacial score (nSPS) is 12.5. The lowest BCUT2D eigenvalue weighted by Crippen LogP contribution is -2.38. The van der Waals surface area contributed by atoms with Gasteiger partial charge in [0.1, 0.15) is 18.2 Å². The molecule has 0 saturated heterocycles. The summed E-state index contributed by atoms with van der Waals surface area (Å²) in [5.74, 6) is 1.78. The fraction of sp³-hybridized carbons (Fsp3) is 0.474. The highest BCUT2D eigenvalue weighted by atomic mass is 19.1. The van der Waals surface area contributed by atoms with Crippen molar-refractivity contribution in [3.8, 4) is 0 Å². The molecule has 130 valence electrons. The molecule has 1 aromatic carbocycles. The van der Waals surface area contributed by atoms with Crippen LogP contribution in [0.1, 0.15) is 30.9 Å². The Labute approximate surface area is 143 Å². The van der Waals surface area contributed by atoms with E-state index in [0.717, 1.165) is 23.5 Å². The molecule has 1 unspecified atom stereocenters. The lowest BCUT2D eigenvalue weighted by Gasteiger charge is -2.32. The summed E-state index contributed by atoms with van der Waals surface area (Å²) >= 11 is 0. The van der Waals surface area contributed by atoms with Gasteiger partial charge in [-0.05, 0) is 37.0 Å². The molecule has 5 heteroatoms. The summed E-state index contributed by atoms with van der Waals surface area (Å²) in [5, 5.41) is 0. The first-order valence-electron chi connectivity index (χ1n) is 8.21. The largest absolute Gasteiger partial charge is 0.377 e. The summed E-state index contributed by atoms with van der Waals surface area (Å²) in [5.41, 5.74) is 2.04. The highest BCUT2D eigenvalue weighted by Gasteiger charge is 2.21. The van der Waals surface area contributed by atoms with E-state index in [9.17, 15) is 4.39 Å².